The number of hydrogen-bond acceptors (Lipinski definition) is 5. The first kappa shape index (κ1) is 15.6. The van der Waals surface area contributed by atoms with Crippen molar-refractivity contribution in [2.45, 2.75) is 11.4 Å². The van der Waals surface area contributed by atoms with Gasteiger partial charge in [0.1, 0.15) is 0 Å². The van der Waals surface area contributed by atoms with Gasteiger partial charge in [-0.2, -0.15) is 5.10 Å². The minimum Gasteiger partial charge on any atom is -0.270 e. The van der Waals surface area contributed by atoms with Crippen LogP contribution >= 0.6 is 15.9 Å². The lowest BCUT2D eigenvalue weighted by Gasteiger charge is -2.07. The van der Waals surface area contributed by atoms with Crippen molar-refractivity contribution < 1.29 is 13.3 Å². The zero-order chi connectivity index (χ0) is 15.5. The van der Waals surface area contributed by atoms with Crippen LogP contribution in [0.1, 0.15) is 0 Å². The van der Waals surface area contributed by atoms with Gasteiger partial charge in [-0.1, -0.05) is 12.1 Å². The molecular formula is C11H11BrN4O4S. The lowest BCUT2D eigenvalue weighted by Crippen LogP contribution is -2.28. The number of hydrogen-bond donors (Lipinski definition) is 1. The van der Waals surface area contributed by atoms with Gasteiger partial charge in [0.25, 0.3) is 5.69 Å². The number of nitro benzene ring substituents is 1. The summed E-state index contributed by atoms with van der Waals surface area (Å²) in [6, 6.07) is 5.20. The minimum atomic E-state index is -3.94. The van der Waals surface area contributed by atoms with E-state index in [4.69, 9.17) is 0 Å². The Kier molecular flexibility index (Phi) is 4.70. The Balaban J connectivity index is 2.10. The summed E-state index contributed by atoms with van der Waals surface area (Å²) in [6.07, 6.45) is 3.27. The third kappa shape index (κ3) is 3.86. The van der Waals surface area contributed by atoms with Crippen LogP contribution in [0.25, 0.3) is 0 Å². The molecule has 0 saturated heterocycles. The van der Waals surface area contributed by atoms with Crippen molar-refractivity contribution in [3.05, 3.63) is 51.2 Å². The molecule has 112 valence electrons. The van der Waals surface area contributed by atoms with E-state index in [9.17, 15) is 18.5 Å². The Bertz CT molecular complexity index is 759. The third-order valence-corrected chi connectivity index (χ3v) is 4.50. The highest BCUT2D eigenvalue weighted by Gasteiger charge is 2.24. The van der Waals surface area contributed by atoms with E-state index in [-0.39, 0.29) is 11.4 Å². The molecule has 1 N–H and O–H groups in total. The molecule has 2 aromatic rings. The number of nitro groups is 1. The normalized spacial score (nSPS) is 11.5. The third-order valence-electron chi connectivity index (χ3n) is 2.59. The first-order valence-electron chi connectivity index (χ1n) is 5.81. The Labute approximate surface area is 129 Å². The van der Waals surface area contributed by atoms with E-state index in [1.807, 2.05) is 0 Å². The second kappa shape index (κ2) is 6.33. The summed E-state index contributed by atoms with van der Waals surface area (Å²) in [5, 5.41) is 14.8. The highest BCUT2D eigenvalue weighted by atomic mass is 79.9. The number of rotatable bonds is 6. The van der Waals surface area contributed by atoms with Crippen molar-refractivity contribution in [3.63, 3.8) is 0 Å². The predicted molar refractivity (Wildman–Crippen MR) is 78.2 cm³/mol. The van der Waals surface area contributed by atoms with Crippen LogP contribution in [0.2, 0.25) is 0 Å². The van der Waals surface area contributed by atoms with Gasteiger partial charge in [0.05, 0.1) is 22.1 Å². The smallest absolute Gasteiger partial charge is 0.270 e. The van der Waals surface area contributed by atoms with E-state index in [0.29, 0.717) is 6.54 Å². The molecular weight excluding hydrogens is 364 g/mol. The van der Waals surface area contributed by atoms with E-state index in [1.54, 1.807) is 17.1 Å². The average molecular weight is 375 g/mol. The number of aromatic nitrogens is 2. The zero-order valence-corrected chi connectivity index (χ0v) is 13.0. The fraction of sp³-hybridized carbons (Fsp3) is 0.182. The molecule has 0 amide bonds. The number of nitrogens with one attached hydrogen (secondary N) is 1. The first-order valence-corrected chi connectivity index (χ1v) is 8.09. The summed E-state index contributed by atoms with van der Waals surface area (Å²) in [7, 11) is -3.94. The lowest BCUT2D eigenvalue weighted by molar-refractivity contribution is -0.387. The van der Waals surface area contributed by atoms with Gasteiger partial charge in [0, 0.05) is 18.8 Å². The van der Waals surface area contributed by atoms with Gasteiger partial charge in [-0.05, 0) is 22.0 Å². The number of para-hydroxylation sites is 1. The Hall–Kier alpha value is -1.78. The first-order chi connectivity index (χ1) is 9.90. The average Bonchev–Trinajstić information content (AvgIpc) is 2.84. The van der Waals surface area contributed by atoms with E-state index in [1.165, 1.54) is 18.2 Å². The van der Waals surface area contributed by atoms with Crippen molar-refractivity contribution >= 4 is 31.6 Å². The second-order valence-electron chi connectivity index (χ2n) is 4.04. The van der Waals surface area contributed by atoms with Crippen LogP contribution in [0.3, 0.4) is 0 Å². The molecule has 0 bridgehead atoms. The van der Waals surface area contributed by atoms with E-state index in [2.05, 4.69) is 25.8 Å². The van der Waals surface area contributed by atoms with E-state index < -0.39 is 20.6 Å². The minimum absolute atomic E-state index is 0.0719. The predicted octanol–water partition coefficient (Wildman–Crippen LogP) is 1.53. The van der Waals surface area contributed by atoms with Crippen LogP contribution in [0, 0.1) is 10.1 Å². The summed E-state index contributed by atoms with van der Waals surface area (Å²) in [5.74, 6) is 0. The standard InChI is InChI=1S/C11H11BrN4O4S/c12-9-7-13-15(8-9)6-5-14-21(19,20)11-4-2-1-3-10(11)16(17)18/h1-4,7-8,14H,5-6H2. The summed E-state index contributed by atoms with van der Waals surface area (Å²) in [5.41, 5.74) is -0.452. The van der Waals surface area contributed by atoms with Crippen molar-refractivity contribution in [1.82, 2.24) is 14.5 Å². The summed E-state index contributed by atoms with van der Waals surface area (Å²) < 4.78 is 28.8. The molecule has 8 nitrogen and oxygen atoms in total. The molecule has 1 aromatic carbocycles. The monoisotopic (exact) mass is 374 g/mol. The van der Waals surface area contributed by atoms with Gasteiger partial charge < -0.3 is 0 Å². The molecule has 0 unspecified atom stereocenters. The van der Waals surface area contributed by atoms with Crippen LogP contribution in [0.5, 0.6) is 0 Å². The van der Waals surface area contributed by atoms with Gasteiger partial charge in [-0.25, -0.2) is 13.1 Å². The Morgan fingerprint density at radius 3 is 2.71 bits per heavy atom. The number of benzene rings is 1. The summed E-state index contributed by atoms with van der Waals surface area (Å²) >= 11 is 3.23. The van der Waals surface area contributed by atoms with Crippen molar-refractivity contribution in [2.75, 3.05) is 6.54 Å². The molecule has 21 heavy (non-hydrogen) atoms. The maximum absolute atomic E-state index is 12.1. The number of halogens is 1. The van der Waals surface area contributed by atoms with Gasteiger partial charge >= 0.3 is 0 Å². The van der Waals surface area contributed by atoms with E-state index in [0.717, 1.165) is 10.5 Å². The van der Waals surface area contributed by atoms with Crippen molar-refractivity contribution in [3.8, 4) is 0 Å². The van der Waals surface area contributed by atoms with Crippen molar-refractivity contribution in [1.29, 1.82) is 0 Å². The van der Waals surface area contributed by atoms with Crippen LogP contribution in [-0.4, -0.2) is 29.7 Å². The molecule has 0 spiro atoms. The maximum Gasteiger partial charge on any atom is 0.289 e. The molecule has 1 aromatic heterocycles. The van der Waals surface area contributed by atoms with E-state index >= 15 is 0 Å². The molecule has 0 radical (unpaired) electrons. The number of sulfonamides is 1. The van der Waals surface area contributed by atoms with Gasteiger partial charge in [-0.15, -0.1) is 0 Å². The second-order valence-corrected chi connectivity index (χ2v) is 6.70. The Morgan fingerprint density at radius 2 is 2.10 bits per heavy atom. The highest BCUT2D eigenvalue weighted by Crippen LogP contribution is 2.22. The fourth-order valence-electron chi connectivity index (χ4n) is 1.67. The quantitative estimate of drug-likeness (QED) is 0.609. The molecule has 0 aliphatic carbocycles. The molecule has 0 fully saturated rings. The maximum atomic E-state index is 12.1. The summed E-state index contributed by atoms with van der Waals surface area (Å²) in [6.45, 7) is 0.383. The van der Waals surface area contributed by atoms with Crippen LogP contribution in [0.15, 0.2) is 46.0 Å². The summed E-state index contributed by atoms with van der Waals surface area (Å²) in [4.78, 5) is 9.79. The number of nitrogens with zero attached hydrogens (tertiary/aromatic N) is 3. The zero-order valence-electron chi connectivity index (χ0n) is 10.6. The molecule has 0 atom stereocenters. The molecule has 0 saturated carbocycles. The van der Waals surface area contributed by atoms with Gasteiger partial charge in [0.2, 0.25) is 10.0 Å². The topological polar surface area (TPSA) is 107 Å². The molecule has 2 rings (SSSR count). The highest BCUT2D eigenvalue weighted by molar-refractivity contribution is 9.10. The van der Waals surface area contributed by atoms with Crippen LogP contribution in [0.4, 0.5) is 5.69 Å². The van der Waals surface area contributed by atoms with Gasteiger partial charge in [-0.3, -0.25) is 14.8 Å². The molecule has 1 heterocycles. The van der Waals surface area contributed by atoms with Crippen molar-refractivity contribution in [2.24, 2.45) is 0 Å². The lowest BCUT2D eigenvalue weighted by atomic mass is 10.3. The molecule has 10 heteroatoms. The molecule has 0 aliphatic heterocycles. The largest absolute Gasteiger partial charge is 0.289 e. The fourth-order valence-corrected chi connectivity index (χ4v) is 3.19. The van der Waals surface area contributed by atoms with Crippen LogP contribution < -0.4 is 4.72 Å². The van der Waals surface area contributed by atoms with Crippen LogP contribution in [-0.2, 0) is 16.6 Å². The van der Waals surface area contributed by atoms with Gasteiger partial charge in [0.15, 0.2) is 4.90 Å². The Morgan fingerprint density at radius 1 is 1.38 bits per heavy atom. The molecule has 0 aliphatic rings. The SMILES string of the molecule is O=[N+]([O-])c1ccccc1S(=O)(=O)NCCn1cc(Br)cn1.